The third kappa shape index (κ3) is 2.46. The molecule has 4 heteroatoms. The minimum atomic E-state index is 0.223. The topological polar surface area (TPSA) is 46.3 Å². The van der Waals surface area contributed by atoms with E-state index in [0.717, 1.165) is 15.5 Å². The molecule has 3 nitrogen and oxygen atoms in total. The Morgan fingerprint density at radius 3 is 2.50 bits per heavy atom. The van der Waals surface area contributed by atoms with E-state index in [1.807, 2.05) is 24.3 Å². The highest BCUT2D eigenvalue weighted by Crippen LogP contribution is 2.12. The lowest BCUT2D eigenvalue weighted by atomic mass is 10.3. The van der Waals surface area contributed by atoms with Crippen molar-refractivity contribution in [3.05, 3.63) is 27.8 Å². The molecule has 0 spiro atoms. The van der Waals surface area contributed by atoms with Gasteiger partial charge in [0.2, 0.25) is 0 Å². The maximum absolute atomic E-state index is 10.1. The number of carbonyl (C=O) groups is 1. The Labute approximate surface area is 84.7 Å². The van der Waals surface area contributed by atoms with Crippen LogP contribution in [0.25, 0.3) is 0 Å². The second-order valence-electron chi connectivity index (χ2n) is 2.30. The SMILES string of the molecule is NN(CC=O)c1ccc(I)cc1. The number of aldehydes is 1. The van der Waals surface area contributed by atoms with E-state index in [1.54, 1.807) is 0 Å². The van der Waals surface area contributed by atoms with Crippen molar-refractivity contribution >= 4 is 34.6 Å². The first-order valence-corrected chi connectivity index (χ1v) is 4.53. The van der Waals surface area contributed by atoms with Crippen LogP contribution in [0.1, 0.15) is 0 Å². The first kappa shape index (κ1) is 9.47. The van der Waals surface area contributed by atoms with Gasteiger partial charge in [-0.15, -0.1) is 0 Å². The predicted molar refractivity (Wildman–Crippen MR) is 56.8 cm³/mol. The summed E-state index contributed by atoms with van der Waals surface area (Å²) in [5.41, 5.74) is 0.850. The average molecular weight is 276 g/mol. The molecule has 0 amide bonds. The monoisotopic (exact) mass is 276 g/mol. The van der Waals surface area contributed by atoms with Crippen LogP contribution >= 0.6 is 22.6 Å². The molecule has 2 N–H and O–H groups in total. The molecule has 0 aliphatic heterocycles. The second-order valence-corrected chi connectivity index (χ2v) is 3.54. The zero-order valence-corrected chi connectivity index (χ0v) is 8.56. The summed E-state index contributed by atoms with van der Waals surface area (Å²) < 4.78 is 1.15. The van der Waals surface area contributed by atoms with Crippen LogP contribution in [0.3, 0.4) is 0 Å². The van der Waals surface area contributed by atoms with Crippen LogP contribution in [-0.4, -0.2) is 12.8 Å². The summed E-state index contributed by atoms with van der Waals surface area (Å²) in [7, 11) is 0. The average Bonchev–Trinajstić information content (AvgIpc) is 2.06. The number of rotatable bonds is 3. The van der Waals surface area contributed by atoms with Crippen LogP contribution in [0.2, 0.25) is 0 Å². The van der Waals surface area contributed by atoms with E-state index in [4.69, 9.17) is 5.84 Å². The minimum absolute atomic E-state index is 0.223. The molecule has 0 bridgehead atoms. The Bertz CT molecular complexity index is 260. The normalized spacial score (nSPS) is 9.50. The molecule has 0 saturated carbocycles. The maximum Gasteiger partial charge on any atom is 0.140 e. The number of benzene rings is 1. The Kier molecular flexibility index (Phi) is 3.48. The summed E-state index contributed by atoms with van der Waals surface area (Å²) in [5, 5.41) is 1.41. The van der Waals surface area contributed by atoms with Crippen molar-refractivity contribution in [2.75, 3.05) is 11.6 Å². The summed E-state index contributed by atoms with van der Waals surface area (Å²) in [6.07, 6.45) is 0.776. The lowest BCUT2D eigenvalue weighted by Crippen LogP contribution is -2.32. The van der Waals surface area contributed by atoms with Gasteiger partial charge in [-0.25, -0.2) is 5.84 Å². The van der Waals surface area contributed by atoms with E-state index < -0.39 is 0 Å². The summed E-state index contributed by atoms with van der Waals surface area (Å²) in [6, 6.07) is 7.65. The fourth-order valence-corrected chi connectivity index (χ4v) is 1.18. The summed E-state index contributed by atoms with van der Waals surface area (Å²) >= 11 is 2.21. The lowest BCUT2D eigenvalue weighted by molar-refractivity contribution is -0.106. The lowest BCUT2D eigenvalue weighted by Gasteiger charge is -2.14. The summed E-state index contributed by atoms with van der Waals surface area (Å²) in [5.74, 6) is 5.56. The van der Waals surface area contributed by atoms with Gasteiger partial charge in [-0.05, 0) is 46.9 Å². The van der Waals surface area contributed by atoms with Crippen LogP contribution in [0.4, 0.5) is 5.69 Å². The molecule has 1 aromatic carbocycles. The van der Waals surface area contributed by atoms with Gasteiger partial charge in [0.25, 0.3) is 0 Å². The molecule has 0 fully saturated rings. The number of hydrazine groups is 1. The minimum Gasteiger partial charge on any atom is -0.304 e. The van der Waals surface area contributed by atoms with E-state index in [-0.39, 0.29) is 6.54 Å². The van der Waals surface area contributed by atoms with Crippen molar-refractivity contribution < 1.29 is 4.79 Å². The van der Waals surface area contributed by atoms with Crippen molar-refractivity contribution in [1.82, 2.24) is 0 Å². The van der Waals surface area contributed by atoms with Crippen molar-refractivity contribution in [2.24, 2.45) is 5.84 Å². The first-order valence-electron chi connectivity index (χ1n) is 3.45. The van der Waals surface area contributed by atoms with Crippen LogP contribution in [0.5, 0.6) is 0 Å². The van der Waals surface area contributed by atoms with Gasteiger partial charge in [0.05, 0.1) is 12.2 Å². The number of nitrogens with zero attached hydrogens (tertiary/aromatic N) is 1. The molecule has 0 aliphatic rings. The van der Waals surface area contributed by atoms with E-state index in [2.05, 4.69) is 22.6 Å². The van der Waals surface area contributed by atoms with Crippen molar-refractivity contribution in [2.45, 2.75) is 0 Å². The van der Waals surface area contributed by atoms with Crippen LogP contribution in [-0.2, 0) is 4.79 Å². The number of nitrogens with two attached hydrogens (primary N) is 1. The number of anilines is 1. The molecular formula is C8H9IN2O. The third-order valence-corrected chi connectivity index (χ3v) is 2.15. The van der Waals surface area contributed by atoms with Crippen LogP contribution in [0, 0.1) is 3.57 Å². The van der Waals surface area contributed by atoms with Gasteiger partial charge < -0.3 is 9.80 Å². The van der Waals surface area contributed by atoms with Crippen molar-refractivity contribution in [3.63, 3.8) is 0 Å². The zero-order chi connectivity index (χ0) is 8.97. The van der Waals surface area contributed by atoms with Gasteiger partial charge in [-0.3, -0.25) is 0 Å². The largest absolute Gasteiger partial charge is 0.304 e. The standard InChI is InChI=1S/C8H9IN2O/c9-7-1-3-8(4-2-7)11(10)5-6-12/h1-4,6H,5,10H2. The molecular weight excluding hydrogens is 267 g/mol. The molecule has 1 rings (SSSR count). The predicted octanol–water partition coefficient (Wildman–Crippen LogP) is 1.17. The molecule has 64 valence electrons. The Balaban J connectivity index is 2.74. The smallest absolute Gasteiger partial charge is 0.140 e. The summed E-state index contributed by atoms with van der Waals surface area (Å²) in [4.78, 5) is 10.1. The fourth-order valence-electron chi connectivity index (χ4n) is 0.818. The molecule has 0 aromatic heterocycles. The number of halogens is 1. The van der Waals surface area contributed by atoms with Crippen LogP contribution in [0.15, 0.2) is 24.3 Å². The van der Waals surface area contributed by atoms with E-state index >= 15 is 0 Å². The Morgan fingerprint density at radius 1 is 1.42 bits per heavy atom. The quantitative estimate of drug-likeness (QED) is 0.390. The molecule has 0 saturated heterocycles. The highest BCUT2D eigenvalue weighted by Gasteiger charge is 1.98. The zero-order valence-electron chi connectivity index (χ0n) is 6.40. The third-order valence-electron chi connectivity index (χ3n) is 1.43. The van der Waals surface area contributed by atoms with E-state index in [1.165, 1.54) is 5.01 Å². The van der Waals surface area contributed by atoms with Crippen molar-refractivity contribution in [1.29, 1.82) is 0 Å². The summed E-state index contributed by atoms with van der Waals surface area (Å²) in [6.45, 7) is 0.223. The van der Waals surface area contributed by atoms with Gasteiger partial charge in [0.15, 0.2) is 0 Å². The highest BCUT2D eigenvalue weighted by atomic mass is 127. The number of carbonyl (C=O) groups excluding carboxylic acids is 1. The molecule has 1 aromatic rings. The van der Waals surface area contributed by atoms with E-state index in [9.17, 15) is 4.79 Å². The van der Waals surface area contributed by atoms with Crippen molar-refractivity contribution in [3.8, 4) is 0 Å². The van der Waals surface area contributed by atoms with Gasteiger partial charge in [0, 0.05) is 3.57 Å². The molecule has 0 unspecified atom stereocenters. The molecule has 0 atom stereocenters. The van der Waals surface area contributed by atoms with Gasteiger partial charge in [-0.1, -0.05) is 0 Å². The second kappa shape index (κ2) is 4.42. The maximum atomic E-state index is 10.1. The molecule has 0 radical (unpaired) electrons. The van der Waals surface area contributed by atoms with E-state index in [0.29, 0.717) is 0 Å². The Hall–Kier alpha value is -0.620. The van der Waals surface area contributed by atoms with Gasteiger partial charge in [-0.2, -0.15) is 0 Å². The van der Waals surface area contributed by atoms with Crippen LogP contribution < -0.4 is 10.9 Å². The first-order chi connectivity index (χ1) is 5.74. The number of hydrogen-bond acceptors (Lipinski definition) is 3. The molecule has 0 heterocycles. The van der Waals surface area contributed by atoms with Gasteiger partial charge >= 0.3 is 0 Å². The van der Waals surface area contributed by atoms with Gasteiger partial charge in [0.1, 0.15) is 6.29 Å². The fraction of sp³-hybridized carbons (Fsp3) is 0.125. The molecule has 0 aliphatic carbocycles. The Morgan fingerprint density at radius 2 is 2.00 bits per heavy atom. The highest BCUT2D eigenvalue weighted by molar-refractivity contribution is 14.1. The molecule has 12 heavy (non-hydrogen) atoms. The number of hydrogen-bond donors (Lipinski definition) is 1.